The quantitative estimate of drug-likeness (QED) is 0.470. The van der Waals surface area contributed by atoms with Crippen molar-refractivity contribution in [2.45, 2.75) is 9.79 Å². The van der Waals surface area contributed by atoms with Crippen molar-refractivity contribution in [1.29, 1.82) is 0 Å². The van der Waals surface area contributed by atoms with Crippen molar-refractivity contribution in [1.82, 2.24) is 4.98 Å². The van der Waals surface area contributed by atoms with Gasteiger partial charge in [0, 0.05) is 27.3 Å². The Morgan fingerprint density at radius 3 is 2.25 bits per heavy atom. The second-order valence-corrected chi connectivity index (χ2v) is 7.25. The van der Waals surface area contributed by atoms with E-state index in [-0.39, 0.29) is 11.7 Å². The van der Waals surface area contributed by atoms with Gasteiger partial charge in [-0.15, -0.1) is 11.3 Å². The first kappa shape index (κ1) is 21.6. The second kappa shape index (κ2) is 11.2. The van der Waals surface area contributed by atoms with Crippen LogP contribution in [0, 0.1) is 0 Å². The molecule has 0 aliphatic carbocycles. The molecule has 0 aliphatic heterocycles. The lowest BCUT2D eigenvalue weighted by molar-refractivity contribution is -0.147. The smallest absolute Gasteiger partial charge is 0.394 e. The molecular formula is C19H19N3O4S2. The van der Waals surface area contributed by atoms with Crippen LogP contribution in [0.5, 0.6) is 0 Å². The van der Waals surface area contributed by atoms with Gasteiger partial charge in [-0.05, 0) is 24.3 Å². The number of carboxylic acid groups (broad SMARTS) is 1. The Labute approximate surface area is 170 Å². The zero-order valence-corrected chi connectivity index (χ0v) is 16.4. The molecule has 7 nitrogen and oxygen atoms in total. The van der Waals surface area contributed by atoms with E-state index in [1.54, 1.807) is 17.1 Å². The van der Waals surface area contributed by atoms with E-state index in [4.69, 9.17) is 15.9 Å². The van der Waals surface area contributed by atoms with Crippen molar-refractivity contribution in [2.75, 3.05) is 18.5 Å². The topological polar surface area (TPSA) is 126 Å². The lowest BCUT2D eigenvalue weighted by Gasteiger charge is -2.02. The van der Waals surface area contributed by atoms with Gasteiger partial charge in [0.15, 0.2) is 5.13 Å². The molecule has 28 heavy (non-hydrogen) atoms. The summed E-state index contributed by atoms with van der Waals surface area (Å²) in [5, 5.41) is 20.6. The van der Waals surface area contributed by atoms with Crippen molar-refractivity contribution in [2.24, 2.45) is 5.73 Å². The predicted octanol–water partition coefficient (Wildman–Crippen LogP) is 2.92. The van der Waals surface area contributed by atoms with Gasteiger partial charge in [0.2, 0.25) is 0 Å². The number of aliphatic hydroxyl groups excluding tert-OH is 1. The van der Waals surface area contributed by atoms with Crippen LogP contribution in [0.25, 0.3) is 11.3 Å². The first-order valence-electron chi connectivity index (χ1n) is 8.17. The van der Waals surface area contributed by atoms with Gasteiger partial charge in [0.25, 0.3) is 0 Å². The third-order valence-electron chi connectivity index (χ3n) is 3.18. The van der Waals surface area contributed by atoms with Gasteiger partial charge in [-0.3, -0.25) is 10.1 Å². The molecule has 0 fully saturated rings. The minimum absolute atomic E-state index is 0.0972. The lowest BCUT2D eigenvalue weighted by Crippen LogP contribution is -2.21. The summed E-state index contributed by atoms with van der Waals surface area (Å²) in [6.07, 6.45) is 0. The molecule has 2 aromatic carbocycles. The fourth-order valence-electron chi connectivity index (χ4n) is 1.93. The van der Waals surface area contributed by atoms with Crippen LogP contribution < -0.4 is 11.1 Å². The van der Waals surface area contributed by atoms with Gasteiger partial charge in [-0.25, -0.2) is 9.78 Å². The number of benzene rings is 2. The number of aromatic nitrogens is 1. The number of anilines is 1. The maximum Gasteiger partial charge on any atom is 0.394 e. The average Bonchev–Trinajstić information content (AvgIpc) is 3.18. The molecule has 0 spiro atoms. The minimum atomic E-state index is -1.53. The van der Waals surface area contributed by atoms with Crippen LogP contribution in [0.15, 0.2) is 69.8 Å². The Morgan fingerprint density at radius 2 is 1.68 bits per heavy atom. The fraction of sp³-hybridized carbons (Fsp3) is 0.105. The highest BCUT2D eigenvalue weighted by molar-refractivity contribution is 7.99. The zero-order valence-electron chi connectivity index (χ0n) is 14.7. The molecule has 0 bridgehead atoms. The lowest BCUT2D eigenvalue weighted by atomic mass is 10.2. The molecule has 0 unspecified atom stereocenters. The molecule has 3 rings (SSSR count). The third kappa shape index (κ3) is 6.78. The minimum Gasteiger partial charge on any atom is -0.474 e. The molecule has 9 heteroatoms. The van der Waals surface area contributed by atoms with E-state index >= 15 is 0 Å². The van der Waals surface area contributed by atoms with Crippen molar-refractivity contribution < 1.29 is 19.8 Å². The monoisotopic (exact) mass is 417 g/mol. The Morgan fingerprint density at radius 1 is 1.07 bits per heavy atom. The number of aliphatic carboxylic acids is 1. The van der Waals surface area contributed by atoms with E-state index in [1.807, 2.05) is 42.5 Å². The Kier molecular flexibility index (Phi) is 8.63. The largest absolute Gasteiger partial charge is 0.474 e. The summed E-state index contributed by atoms with van der Waals surface area (Å²) in [6.45, 7) is 0.472. The maximum absolute atomic E-state index is 11.1. The summed E-state index contributed by atoms with van der Waals surface area (Å²) in [5.41, 5.74) is 6.37. The fourth-order valence-corrected chi connectivity index (χ4v) is 3.48. The van der Waals surface area contributed by atoms with E-state index in [0.717, 1.165) is 15.4 Å². The van der Waals surface area contributed by atoms with E-state index in [9.17, 15) is 9.59 Å². The number of nitrogens with one attached hydrogen (secondary N) is 1. The second-order valence-electron chi connectivity index (χ2n) is 5.25. The number of carbonyl (C=O) groups is 2. The molecule has 1 aromatic heterocycles. The first-order valence-corrected chi connectivity index (χ1v) is 9.87. The number of carboxylic acids is 1. The van der Waals surface area contributed by atoms with Crippen molar-refractivity contribution in [3.05, 3.63) is 60.0 Å². The van der Waals surface area contributed by atoms with Gasteiger partial charge in [0.05, 0.1) is 12.3 Å². The number of carbonyl (C=O) groups excluding carboxylic acids is 1. The zero-order chi connectivity index (χ0) is 20.4. The van der Waals surface area contributed by atoms with Crippen LogP contribution >= 0.6 is 23.1 Å². The highest BCUT2D eigenvalue weighted by Gasteiger charge is 2.13. The summed E-state index contributed by atoms with van der Waals surface area (Å²) >= 11 is 2.85. The van der Waals surface area contributed by atoms with Gasteiger partial charge < -0.3 is 15.9 Å². The molecule has 1 heterocycles. The highest BCUT2D eigenvalue weighted by atomic mass is 32.2. The molecule has 0 atom stereocenters. The summed E-state index contributed by atoms with van der Waals surface area (Å²) in [7, 11) is 0. The molecule has 0 saturated carbocycles. The number of hydrogen-bond donors (Lipinski definition) is 4. The number of amides is 1. The van der Waals surface area contributed by atoms with Crippen LogP contribution in [0.3, 0.4) is 0 Å². The number of nitrogens with zero attached hydrogens (tertiary/aromatic N) is 1. The molecule has 1 amide bonds. The van der Waals surface area contributed by atoms with Crippen LogP contribution in [0.2, 0.25) is 0 Å². The highest BCUT2D eigenvalue weighted by Crippen LogP contribution is 2.30. The molecular weight excluding hydrogens is 398 g/mol. The van der Waals surface area contributed by atoms with Crippen LogP contribution in [-0.4, -0.2) is 40.2 Å². The van der Waals surface area contributed by atoms with Crippen molar-refractivity contribution in [3.8, 4) is 11.3 Å². The number of nitrogens with two attached hydrogens (primary N) is 1. The molecule has 0 aliphatic rings. The van der Waals surface area contributed by atoms with Crippen molar-refractivity contribution >= 4 is 40.1 Å². The SMILES string of the molecule is NCCO.O=C(O)C(=O)Nc1nc(-c2ccc(Sc3ccccc3)cc2)cs1. The summed E-state index contributed by atoms with van der Waals surface area (Å²) in [6, 6.07) is 18.0. The van der Waals surface area contributed by atoms with Gasteiger partial charge in [-0.1, -0.05) is 42.1 Å². The first-order chi connectivity index (χ1) is 13.5. The van der Waals surface area contributed by atoms with Crippen molar-refractivity contribution in [3.63, 3.8) is 0 Å². The standard InChI is InChI=1S/C17H12N2O3S2.C2H7NO/c20-15(16(21)22)19-17-18-14(10-23-17)11-6-8-13(9-7-11)24-12-4-2-1-3-5-12;3-1-2-4/h1-10H,(H,21,22)(H,18,19,20);4H,1-3H2. The number of aliphatic hydroxyl groups is 1. The van der Waals surface area contributed by atoms with E-state index in [1.165, 1.54) is 11.3 Å². The summed E-state index contributed by atoms with van der Waals surface area (Å²) in [4.78, 5) is 28.2. The molecule has 3 aromatic rings. The van der Waals surface area contributed by atoms with Gasteiger partial charge in [0.1, 0.15) is 0 Å². The van der Waals surface area contributed by atoms with Gasteiger partial charge in [-0.2, -0.15) is 0 Å². The molecule has 146 valence electrons. The van der Waals surface area contributed by atoms with Crippen LogP contribution in [0.4, 0.5) is 5.13 Å². The van der Waals surface area contributed by atoms with Crippen LogP contribution in [0.1, 0.15) is 0 Å². The molecule has 5 N–H and O–H groups in total. The number of thiazole rings is 1. The summed E-state index contributed by atoms with van der Waals surface area (Å²) in [5.74, 6) is -2.63. The molecule has 0 saturated heterocycles. The normalized spacial score (nSPS) is 9.93. The maximum atomic E-state index is 11.1. The predicted molar refractivity (Wildman–Crippen MR) is 111 cm³/mol. The van der Waals surface area contributed by atoms with E-state index in [0.29, 0.717) is 12.2 Å². The Hall–Kier alpha value is -2.72. The van der Waals surface area contributed by atoms with Gasteiger partial charge >= 0.3 is 11.9 Å². The Balaban J connectivity index is 0.000000640. The Bertz CT molecular complexity index is 897. The third-order valence-corrected chi connectivity index (χ3v) is 4.95. The summed E-state index contributed by atoms with van der Waals surface area (Å²) < 4.78 is 0. The van der Waals surface area contributed by atoms with E-state index < -0.39 is 11.9 Å². The van der Waals surface area contributed by atoms with E-state index in [2.05, 4.69) is 22.4 Å². The number of hydrogen-bond acceptors (Lipinski definition) is 7. The van der Waals surface area contributed by atoms with Crippen LogP contribution in [-0.2, 0) is 9.59 Å². The number of rotatable bonds is 5. The molecule has 0 radical (unpaired) electrons. The average molecular weight is 418 g/mol.